The van der Waals surface area contributed by atoms with Crippen LogP contribution in [0.25, 0.3) is 0 Å². The third-order valence-corrected chi connectivity index (χ3v) is 3.61. The molecule has 1 aromatic carbocycles. The number of piperidine rings is 1. The average Bonchev–Trinajstić information content (AvgIpc) is 2.39. The number of hydrogen-bond donors (Lipinski definition) is 2. The van der Waals surface area contributed by atoms with E-state index in [2.05, 4.69) is 35.8 Å². The highest BCUT2D eigenvalue weighted by molar-refractivity contribution is 5.79. The normalized spacial score (nSPS) is 18.3. The van der Waals surface area contributed by atoms with Gasteiger partial charge in [-0.3, -0.25) is 4.79 Å². The fourth-order valence-electron chi connectivity index (χ4n) is 2.44. The lowest BCUT2D eigenvalue weighted by Gasteiger charge is -2.24. The Morgan fingerprint density at radius 2 is 2.11 bits per heavy atom. The van der Waals surface area contributed by atoms with E-state index in [4.69, 9.17) is 0 Å². The van der Waals surface area contributed by atoms with E-state index in [-0.39, 0.29) is 17.9 Å². The second-order valence-electron chi connectivity index (χ2n) is 5.17. The van der Waals surface area contributed by atoms with Crippen LogP contribution in [0.1, 0.15) is 36.9 Å². The molecular weight excluding hydrogens is 224 g/mol. The van der Waals surface area contributed by atoms with Gasteiger partial charge in [-0.25, -0.2) is 0 Å². The third kappa shape index (κ3) is 3.33. The molecule has 3 nitrogen and oxygen atoms in total. The van der Waals surface area contributed by atoms with Crippen molar-refractivity contribution in [2.75, 3.05) is 13.1 Å². The first-order valence-corrected chi connectivity index (χ1v) is 6.74. The molecule has 1 fully saturated rings. The van der Waals surface area contributed by atoms with Gasteiger partial charge >= 0.3 is 0 Å². The smallest absolute Gasteiger partial charge is 0.223 e. The van der Waals surface area contributed by atoms with E-state index in [1.807, 2.05) is 13.0 Å². The van der Waals surface area contributed by atoms with Crippen molar-refractivity contribution in [3.8, 4) is 0 Å². The molecule has 1 amide bonds. The summed E-state index contributed by atoms with van der Waals surface area (Å²) >= 11 is 0. The van der Waals surface area contributed by atoms with Crippen molar-refractivity contribution in [3.63, 3.8) is 0 Å². The molecule has 0 aliphatic carbocycles. The molecule has 0 aromatic heterocycles. The molecule has 0 spiro atoms. The quantitative estimate of drug-likeness (QED) is 0.858. The van der Waals surface area contributed by atoms with Gasteiger partial charge in [0.1, 0.15) is 0 Å². The van der Waals surface area contributed by atoms with E-state index in [9.17, 15) is 4.79 Å². The van der Waals surface area contributed by atoms with Gasteiger partial charge in [-0.05, 0) is 45.3 Å². The van der Waals surface area contributed by atoms with Crippen LogP contribution >= 0.6 is 0 Å². The summed E-state index contributed by atoms with van der Waals surface area (Å²) in [4.78, 5) is 12.1. The number of hydrogen-bond acceptors (Lipinski definition) is 2. The maximum atomic E-state index is 12.1. The Balaban J connectivity index is 1.94. The molecule has 1 aliphatic heterocycles. The Bertz CT molecular complexity index is 411. The van der Waals surface area contributed by atoms with Gasteiger partial charge in [-0.2, -0.15) is 0 Å². The minimum atomic E-state index is 0.0901. The molecule has 98 valence electrons. The summed E-state index contributed by atoms with van der Waals surface area (Å²) in [7, 11) is 0. The number of aryl methyl sites for hydroxylation is 1. The van der Waals surface area contributed by atoms with E-state index in [1.54, 1.807) is 0 Å². The second kappa shape index (κ2) is 6.01. The fraction of sp³-hybridized carbons (Fsp3) is 0.533. The van der Waals surface area contributed by atoms with Gasteiger partial charge in [0.05, 0.1) is 6.04 Å². The minimum Gasteiger partial charge on any atom is -0.349 e. The lowest BCUT2D eigenvalue weighted by Crippen LogP contribution is -2.39. The van der Waals surface area contributed by atoms with E-state index in [0.29, 0.717) is 0 Å². The van der Waals surface area contributed by atoms with Crippen LogP contribution < -0.4 is 10.6 Å². The van der Waals surface area contributed by atoms with Crippen molar-refractivity contribution in [2.24, 2.45) is 5.92 Å². The summed E-state index contributed by atoms with van der Waals surface area (Å²) in [5.74, 6) is 0.379. The zero-order chi connectivity index (χ0) is 13.0. The van der Waals surface area contributed by atoms with Crippen molar-refractivity contribution in [1.82, 2.24) is 10.6 Å². The largest absolute Gasteiger partial charge is 0.349 e. The van der Waals surface area contributed by atoms with E-state index in [0.717, 1.165) is 25.9 Å². The second-order valence-corrected chi connectivity index (χ2v) is 5.17. The van der Waals surface area contributed by atoms with Crippen LogP contribution in [-0.2, 0) is 4.79 Å². The van der Waals surface area contributed by atoms with Crippen molar-refractivity contribution >= 4 is 5.91 Å². The van der Waals surface area contributed by atoms with Gasteiger partial charge in [0.25, 0.3) is 0 Å². The van der Waals surface area contributed by atoms with Gasteiger partial charge in [-0.1, -0.05) is 29.8 Å². The molecule has 1 atom stereocenters. The van der Waals surface area contributed by atoms with Crippen molar-refractivity contribution in [2.45, 2.75) is 32.7 Å². The molecule has 1 aromatic rings. The van der Waals surface area contributed by atoms with Gasteiger partial charge < -0.3 is 10.6 Å². The van der Waals surface area contributed by atoms with Crippen LogP contribution in [0, 0.1) is 12.8 Å². The summed E-state index contributed by atoms with van der Waals surface area (Å²) in [5.41, 5.74) is 2.41. The van der Waals surface area contributed by atoms with E-state index >= 15 is 0 Å². The Morgan fingerprint density at radius 1 is 1.39 bits per heavy atom. The van der Waals surface area contributed by atoms with E-state index in [1.165, 1.54) is 11.1 Å². The first-order valence-electron chi connectivity index (χ1n) is 6.74. The summed E-state index contributed by atoms with van der Waals surface area (Å²) < 4.78 is 0. The molecule has 0 bridgehead atoms. The highest BCUT2D eigenvalue weighted by Crippen LogP contribution is 2.17. The number of benzene rings is 1. The van der Waals surface area contributed by atoms with Crippen LogP contribution in [0.3, 0.4) is 0 Å². The van der Waals surface area contributed by atoms with Crippen molar-refractivity contribution in [1.29, 1.82) is 0 Å². The number of carbonyl (C=O) groups is 1. The Hall–Kier alpha value is -1.35. The maximum absolute atomic E-state index is 12.1. The highest BCUT2D eigenvalue weighted by atomic mass is 16.1. The summed E-state index contributed by atoms with van der Waals surface area (Å²) in [6, 6.07) is 8.41. The number of rotatable bonds is 3. The van der Waals surface area contributed by atoms with Crippen molar-refractivity contribution < 1.29 is 4.79 Å². The predicted molar refractivity (Wildman–Crippen MR) is 73.3 cm³/mol. The zero-order valence-electron chi connectivity index (χ0n) is 11.2. The topological polar surface area (TPSA) is 41.1 Å². The molecule has 0 unspecified atom stereocenters. The summed E-state index contributed by atoms with van der Waals surface area (Å²) in [5, 5.41) is 6.41. The minimum absolute atomic E-state index is 0.0901. The summed E-state index contributed by atoms with van der Waals surface area (Å²) in [6.45, 7) is 6.03. The lowest BCUT2D eigenvalue weighted by molar-refractivity contribution is -0.126. The van der Waals surface area contributed by atoms with Crippen LogP contribution in [0.5, 0.6) is 0 Å². The standard InChI is InChI=1S/C15H22N2O/c1-11-4-3-5-14(10-11)12(2)17-15(18)13-6-8-16-9-7-13/h3-5,10,12-13,16H,6-9H2,1-2H3,(H,17,18)/t12-/m0/s1. The number of amides is 1. The summed E-state index contributed by atoms with van der Waals surface area (Å²) in [6.07, 6.45) is 1.90. The molecule has 2 N–H and O–H groups in total. The Morgan fingerprint density at radius 3 is 2.78 bits per heavy atom. The molecular formula is C15H22N2O. The SMILES string of the molecule is Cc1cccc([C@H](C)NC(=O)C2CCNCC2)c1. The molecule has 1 heterocycles. The molecule has 0 saturated carbocycles. The highest BCUT2D eigenvalue weighted by Gasteiger charge is 2.22. The van der Waals surface area contributed by atoms with E-state index < -0.39 is 0 Å². The van der Waals surface area contributed by atoms with Crippen LogP contribution in [-0.4, -0.2) is 19.0 Å². The van der Waals surface area contributed by atoms with Gasteiger partial charge in [0.15, 0.2) is 0 Å². The Kier molecular flexibility index (Phi) is 4.37. The van der Waals surface area contributed by atoms with Gasteiger partial charge in [0, 0.05) is 5.92 Å². The first kappa shape index (κ1) is 13.1. The van der Waals surface area contributed by atoms with Crippen LogP contribution in [0.2, 0.25) is 0 Å². The molecule has 18 heavy (non-hydrogen) atoms. The number of carbonyl (C=O) groups excluding carboxylic acids is 1. The molecule has 3 heteroatoms. The molecule has 1 saturated heterocycles. The van der Waals surface area contributed by atoms with Gasteiger partial charge in [-0.15, -0.1) is 0 Å². The molecule has 1 aliphatic rings. The fourth-order valence-corrected chi connectivity index (χ4v) is 2.44. The van der Waals surface area contributed by atoms with Crippen molar-refractivity contribution in [3.05, 3.63) is 35.4 Å². The Labute approximate surface area is 109 Å². The molecule has 0 radical (unpaired) electrons. The first-order chi connectivity index (χ1) is 8.66. The maximum Gasteiger partial charge on any atom is 0.223 e. The predicted octanol–water partition coefficient (Wildman–Crippen LogP) is 2.17. The van der Waals surface area contributed by atoms with Gasteiger partial charge in [0.2, 0.25) is 5.91 Å². The average molecular weight is 246 g/mol. The zero-order valence-corrected chi connectivity index (χ0v) is 11.2. The monoisotopic (exact) mass is 246 g/mol. The third-order valence-electron chi connectivity index (χ3n) is 3.61. The van der Waals surface area contributed by atoms with Crippen LogP contribution in [0.15, 0.2) is 24.3 Å². The number of nitrogens with one attached hydrogen (secondary N) is 2. The van der Waals surface area contributed by atoms with Crippen LogP contribution in [0.4, 0.5) is 0 Å². The lowest BCUT2D eigenvalue weighted by atomic mass is 9.96. The molecule has 2 rings (SSSR count).